The van der Waals surface area contributed by atoms with Gasteiger partial charge < -0.3 is 5.32 Å². The minimum atomic E-state index is -0.392. The quantitative estimate of drug-likeness (QED) is 0.638. The van der Waals surface area contributed by atoms with Crippen LogP contribution in [-0.4, -0.2) is 4.92 Å². The normalized spacial score (nSPS) is 12.1. The standard InChI is InChI=1S/C16H17BrN2O2/c1-11-4-3-5-13(8-11)12(2)18-10-14-6-7-15(19(20)21)9-16(14)17/h3-9,12,18H,10H2,1-2H3/t12-/m1/s1. The summed E-state index contributed by atoms with van der Waals surface area (Å²) in [6.45, 7) is 4.82. The van der Waals surface area contributed by atoms with Gasteiger partial charge in [0.05, 0.1) is 4.92 Å². The Morgan fingerprint density at radius 1 is 1.29 bits per heavy atom. The SMILES string of the molecule is Cc1cccc([C@@H](C)NCc2ccc([N+](=O)[O-])cc2Br)c1. The van der Waals surface area contributed by atoms with Crippen LogP contribution in [0.3, 0.4) is 0 Å². The lowest BCUT2D eigenvalue weighted by atomic mass is 10.1. The number of hydrogen-bond donors (Lipinski definition) is 1. The molecule has 0 aromatic heterocycles. The first-order valence-corrected chi connectivity index (χ1v) is 7.49. The molecule has 2 rings (SSSR count). The molecule has 21 heavy (non-hydrogen) atoms. The minimum Gasteiger partial charge on any atom is -0.306 e. The fraction of sp³-hybridized carbons (Fsp3) is 0.250. The van der Waals surface area contributed by atoms with Gasteiger partial charge in [-0.2, -0.15) is 0 Å². The molecule has 0 aliphatic carbocycles. The van der Waals surface area contributed by atoms with Crippen LogP contribution in [0.2, 0.25) is 0 Å². The van der Waals surface area contributed by atoms with Crippen molar-refractivity contribution in [1.29, 1.82) is 0 Å². The van der Waals surface area contributed by atoms with Crippen LogP contribution in [0.15, 0.2) is 46.9 Å². The molecule has 0 saturated heterocycles. The number of rotatable bonds is 5. The molecule has 0 bridgehead atoms. The number of hydrogen-bond acceptors (Lipinski definition) is 3. The van der Waals surface area contributed by atoms with E-state index < -0.39 is 4.92 Å². The van der Waals surface area contributed by atoms with Crippen LogP contribution < -0.4 is 5.32 Å². The summed E-state index contributed by atoms with van der Waals surface area (Å²) in [4.78, 5) is 10.3. The third-order valence-corrected chi connectivity index (χ3v) is 4.13. The average molecular weight is 349 g/mol. The van der Waals surface area contributed by atoms with Crippen molar-refractivity contribution in [2.75, 3.05) is 0 Å². The second kappa shape index (κ2) is 6.83. The van der Waals surface area contributed by atoms with E-state index in [1.165, 1.54) is 23.3 Å². The zero-order chi connectivity index (χ0) is 15.4. The molecule has 2 aromatic carbocycles. The molecule has 1 atom stereocenters. The Labute approximate surface area is 132 Å². The number of aryl methyl sites for hydroxylation is 1. The van der Waals surface area contributed by atoms with Crippen LogP contribution in [0.25, 0.3) is 0 Å². The van der Waals surface area contributed by atoms with Crippen molar-refractivity contribution in [3.05, 3.63) is 73.7 Å². The highest BCUT2D eigenvalue weighted by Crippen LogP contribution is 2.23. The van der Waals surface area contributed by atoms with Gasteiger partial charge in [-0.3, -0.25) is 10.1 Å². The van der Waals surface area contributed by atoms with E-state index in [1.54, 1.807) is 6.07 Å². The molecular formula is C16H17BrN2O2. The van der Waals surface area contributed by atoms with Gasteiger partial charge in [-0.15, -0.1) is 0 Å². The third-order valence-electron chi connectivity index (χ3n) is 3.39. The molecule has 0 aliphatic heterocycles. The van der Waals surface area contributed by atoms with E-state index in [0.717, 1.165) is 10.0 Å². The fourth-order valence-electron chi connectivity index (χ4n) is 2.11. The lowest BCUT2D eigenvalue weighted by Crippen LogP contribution is -2.18. The van der Waals surface area contributed by atoms with E-state index in [2.05, 4.69) is 53.3 Å². The van der Waals surface area contributed by atoms with Crippen molar-refractivity contribution in [3.63, 3.8) is 0 Å². The van der Waals surface area contributed by atoms with Crippen molar-refractivity contribution in [2.24, 2.45) is 0 Å². The largest absolute Gasteiger partial charge is 0.306 e. The number of halogens is 1. The van der Waals surface area contributed by atoms with Crippen molar-refractivity contribution >= 4 is 21.6 Å². The van der Waals surface area contributed by atoms with E-state index in [0.29, 0.717) is 6.54 Å². The van der Waals surface area contributed by atoms with Gasteiger partial charge in [-0.05, 0) is 31.0 Å². The van der Waals surface area contributed by atoms with Crippen molar-refractivity contribution in [1.82, 2.24) is 5.32 Å². The summed E-state index contributed by atoms with van der Waals surface area (Å²) in [5.74, 6) is 0. The molecule has 1 N–H and O–H groups in total. The van der Waals surface area contributed by atoms with Crippen molar-refractivity contribution < 1.29 is 4.92 Å². The van der Waals surface area contributed by atoms with E-state index in [4.69, 9.17) is 0 Å². The first-order valence-electron chi connectivity index (χ1n) is 6.70. The molecule has 0 unspecified atom stereocenters. The van der Waals surface area contributed by atoms with Crippen molar-refractivity contribution in [3.8, 4) is 0 Å². The van der Waals surface area contributed by atoms with E-state index in [9.17, 15) is 10.1 Å². The van der Waals surface area contributed by atoms with Gasteiger partial charge in [-0.25, -0.2) is 0 Å². The first kappa shape index (κ1) is 15.7. The van der Waals surface area contributed by atoms with E-state index in [1.807, 2.05) is 6.07 Å². The molecule has 5 heteroatoms. The third kappa shape index (κ3) is 4.12. The summed E-state index contributed by atoms with van der Waals surface area (Å²) in [7, 11) is 0. The maximum atomic E-state index is 10.7. The lowest BCUT2D eigenvalue weighted by Gasteiger charge is -2.15. The molecule has 0 radical (unpaired) electrons. The van der Waals surface area contributed by atoms with Gasteiger partial charge in [-0.1, -0.05) is 45.8 Å². The molecule has 0 fully saturated rings. The minimum absolute atomic E-state index is 0.0948. The maximum absolute atomic E-state index is 10.7. The maximum Gasteiger partial charge on any atom is 0.270 e. The predicted octanol–water partition coefficient (Wildman–Crippen LogP) is 4.52. The monoisotopic (exact) mass is 348 g/mol. The summed E-state index contributed by atoms with van der Waals surface area (Å²) < 4.78 is 0.751. The number of nitro groups is 1. The van der Waals surface area contributed by atoms with Gasteiger partial charge in [0.2, 0.25) is 0 Å². The summed E-state index contributed by atoms with van der Waals surface area (Å²) in [6.07, 6.45) is 0. The molecule has 0 amide bonds. The van der Waals surface area contributed by atoms with Gasteiger partial charge in [0, 0.05) is 29.2 Å². The fourth-order valence-corrected chi connectivity index (χ4v) is 2.62. The number of nitro benzene ring substituents is 1. The second-order valence-electron chi connectivity index (χ2n) is 5.05. The summed E-state index contributed by atoms with van der Waals surface area (Å²) >= 11 is 3.39. The van der Waals surface area contributed by atoms with Gasteiger partial charge in [0.15, 0.2) is 0 Å². The van der Waals surface area contributed by atoms with Crippen molar-refractivity contribution in [2.45, 2.75) is 26.4 Å². The van der Waals surface area contributed by atoms with Crippen LogP contribution in [0.4, 0.5) is 5.69 Å². The predicted molar refractivity (Wildman–Crippen MR) is 87.2 cm³/mol. The van der Waals surface area contributed by atoms with Crippen LogP contribution in [0.1, 0.15) is 29.7 Å². The van der Waals surface area contributed by atoms with Gasteiger partial charge in [0.1, 0.15) is 0 Å². The molecular weight excluding hydrogens is 332 g/mol. The van der Waals surface area contributed by atoms with Crippen LogP contribution in [0.5, 0.6) is 0 Å². The number of non-ortho nitro benzene ring substituents is 1. The number of benzene rings is 2. The molecule has 4 nitrogen and oxygen atoms in total. The van der Waals surface area contributed by atoms with E-state index >= 15 is 0 Å². The number of nitrogens with one attached hydrogen (secondary N) is 1. The molecule has 0 aliphatic rings. The highest BCUT2D eigenvalue weighted by atomic mass is 79.9. The molecule has 2 aromatic rings. The molecule has 110 valence electrons. The molecule has 0 heterocycles. The van der Waals surface area contributed by atoms with E-state index in [-0.39, 0.29) is 11.7 Å². The first-order chi connectivity index (χ1) is 9.97. The highest BCUT2D eigenvalue weighted by molar-refractivity contribution is 9.10. The Morgan fingerprint density at radius 2 is 2.05 bits per heavy atom. The smallest absolute Gasteiger partial charge is 0.270 e. The Morgan fingerprint density at radius 3 is 2.67 bits per heavy atom. The number of nitrogens with zero attached hydrogens (tertiary/aromatic N) is 1. The average Bonchev–Trinajstić information content (AvgIpc) is 2.45. The Bertz CT molecular complexity index is 658. The Balaban J connectivity index is 2.04. The van der Waals surface area contributed by atoms with Crippen LogP contribution in [-0.2, 0) is 6.54 Å². The van der Waals surface area contributed by atoms with Crippen LogP contribution in [0, 0.1) is 17.0 Å². The Hall–Kier alpha value is -1.72. The highest BCUT2D eigenvalue weighted by Gasteiger charge is 2.10. The lowest BCUT2D eigenvalue weighted by molar-refractivity contribution is -0.384. The van der Waals surface area contributed by atoms with Gasteiger partial charge in [0.25, 0.3) is 5.69 Å². The molecule has 0 spiro atoms. The molecule has 0 saturated carbocycles. The Kier molecular flexibility index (Phi) is 5.09. The van der Waals surface area contributed by atoms with Crippen LogP contribution >= 0.6 is 15.9 Å². The summed E-state index contributed by atoms with van der Waals surface area (Å²) in [5, 5.41) is 14.1. The topological polar surface area (TPSA) is 55.2 Å². The summed E-state index contributed by atoms with van der Waals surface area (Å²) in [5.41, 5.74) is 3.56. The van der Waals surface area contributed by atoms with Gasteiger partial charge >= 0.3 is 0 Å². The summed E-state index contributed by atoms with van der Waals surface area (Å²) in [6, 6.07) is 13.4. The second-order valence-corrected chi connectivity index (χ2v) is 5.90. The zero-order valence-electron chi connectivity index (χ0n) is 12.0. The zero-order valence-corrected chi connectivity index (χ0v) is 13.6.